The van der Waals surface area contributed by atoms with Gasteiger partial charge < -0.3 is 4.74 Å². The number of nitrogens with zero attached hydrogens (tertiary/aromatic N) is 3. The Hall–Kier alpha value is -1.61. The Morgan fingerprint density at radius 3 is 2.60 bits per heavy atom. The van der Waals surface area contributed by atoms with E-state index < -0.39 is 21.7 Å². The van der Waals surface area contributed by atoms with Crippen molar-refractivity contribution in [3.63, 3.8) is 0 Å². The van der Waals surface area contributed by atoms with Crippen LogP contribution in [0.4, 0.5) is 10.6 Å². The molecule has 2 rings (SSSR count). The van der Waals surface area contributed by atoms with Gasteiger partial charge in [0.2, 0.25) is 10.0 Å². The summed E-state index contributed by atoms with van der Waals surface area (Å²) in [5.41, 5.74) is -0.666. The number of carbonyl (C=O) groups excluding carboxylic acids is 1. The van der Waals surface area contributed by atoms with Crippen molar-refractivity contribution in [2.75, 3.05) is 11.4 Å². The van der Waals surface area contributed by atoms with Crippen LogP contribution in [0.15, 0.2) is 11.1 Å². The van der Waals surface area contributed by atoms with Crippen LogP contribution in [-0.4, -0.2) is 36.4 Å². The second kappa shape index (κ2) is 4.74. The third-order valence-corrected chi connectivity index (χ3v) is 3.61. The van der Waals surface area contributed by atoms with E-state index in [2.05, 4.69) is 5.10 Å². The van der Waals surface area contributed by atoms with Crippen molar-refractivity contribution in [1.29, 1.82) is 0 Å². The number of sulfonamides is 1. The summed E-state index contributed by atoms with van der Waals surface area (Å²) < 4.78 is 29.9. The minimum Gasteiger partial charge on any atom is -0.443 e. The van der Waals surface area contributed by atoms with Crippen molar-refractivity contribution in [3.8, 4) is 0 Å². The highest BCUT2D eigenvalue weighted by Gasteiger charge is 2.33. The summed E-state index contributed by atoms with van der Waals surface area (Å²) in [6, 6.07) is 0. The van der Waals surface area contributed by atoms with E-state index in [1.54, 1.807) is 20.8 Å². The second-order valence-electron chi connectivity index (χ2n) is 5.59. The van der Waals surface area contributed by atoms with Crippen LogP contribution in [-0.2, 0) is 21.3 Å². The van der Waals surface area contributed by atoms with Crippen molar-refractivity contribution < 1.29 is 17.9 Å². The lowest BCUT2D eigenvalue weighted by Crippen LogP contribution is -2.42. The van der Waals surface area contributed by atoms with Gasteiger partial charge in [0.15, 0.2) is 5.82 Å². The highest BCUT2D eigenvalue weighted by molar-refractivity contribution is 7.89. The standard InChI is InChI=1S/C11H18N4O4S/c1-11(2,3)19-10(16)14-5-4-6-15-9(14)8(7-13-15)20(12,17)18/h7H,4-6H2,1-3H3,(H2,12,17,18). The van der Waals surface area contributed by atoms with Gasteiger partial charge in [-0.2, -0.15) is 5.10 Å². The van der Waals surface area contributed by atoms with E-state index in [0.29, 0.717) is 19.5 Å². The highest BCUT2D eigenvalue weighted by Crippen LogP contribution is 2.29. The zero-order chi connectivity index (χ0) is 15.1. The number of anilines is 1. The highest BCUT2D eigenvalue weighted by atomic mass is 32.2. The molecule has 112 valence electrons. The fourth-order valence-electron chi connectivity index (χ4n) is 1.98. The number of hydrogen-bond donors (Lipinski definition) is 1. The second-order valence-corrected chi connectivity index (χ2v) is 7.12. The van der Waals surface area contributed by atoms with Crippen LogP contribution in [0.1, 0.15) is 27.2 Å². The minimum absolute atomic E-state index is 0.164. The maximum Gasteiger partial charge on any atom is 0.416 e. The van der Waals surface area contributed by atoms with Crippen molar-refractivity contribution in [2.45, 2.75) is 44.2 Å². The molecule has 0 aliphatic carbocycles. The van der Waals surface area contributed by atoms with Crippen LogP contribution in [0.3, 0.4) is 0 Å². The van der Waals surface area contributed by atoms with Crippen molar-refractivity contribution >= 4 is 21.9 Å². The SMILES string of the molecule is CC(C)(C)OC(=O)N1CCCn2ncc(S(N)(=O)=O)c21. The molecule has 0 spiro atoms. The molecule has 0 fully saturated rings. The summed E-state index contributed by atoms with van der Waals surface area (Å²) in [6.45, 7) is 6.12. The first-order valence-electron chi connectivity index (χ1n) is 6.19. The molecular formula is C11H18N4O4S. The number of carbonyl (C=O) groups is 1. The Morgan fingerprint density at radius 2 is 2.05 bits per heavy atom. The molecule has 2 heterocycles. The third kappa shape index (κ3) is 2.93. The molecule has 8 nitrogen and oxygen atoms in total. The smallest absolute Gasteiger partial charge is 0.416 e. The Balaban J connectivity index is 2.42. The molecule has 0 saturated carbocycles. The molecule has 0 unspecified atom stereocenters. The zero-order valence-corrected chi connectivity index (χ0v) is 12.5. The van der Waals surface area contributed by atoms with Gasteiger partial charge in [-0.25, -0.2) is 23.0 Å². The molecule has 0 radical (unpaired) electrons. The van der Waals surface area contributed by atoms with Gasteiger partial charge in [0.1, 0.15) is 10.5 Å². The quantitative estimate of drug-likeness (QED) is 0.820. The molecule has 2 N–H and O–H groups in total. The molecule has 1 aliphatic heterocycles. The number of fused-ring (bicyclic) bond motifs is 1. The van der Waals surface area contributed by atoms with Crippen molar-refractivity contribution in [1.82, 2.24) is 9.78 Å². The topological polar surface area (TPSA) is 108 Å². The van der Waals surface area contributed by atoms with Crippen LogP contribution in [0.2, 0.25) is 0 Å². The lowest BCUT2D eigenvalue weighted by molar-refractivity contribution is 0.0572. The van der Waals surface area contributed by atoms with Gasteiger partial charge in [-0.05, 0) is 27.2 Å². The summed E-state index contributed by atoms with van der Waals surface area (Å²) in [4.78, 5) is 13.3. The Morgan fingerprint density at radius 1 is 1.40 bits per heavy atom. The van der Waals surface area contributed by atoms with Crippen molar-refractivity contribution in [2.24, 2.45) is 5.14 Å². The summed E-state index contributed by atoms with van der Waals surface area (Å²) in [6.07, 6.45) is 1.22. The normalized spacial score (nSPS) is 15.9. The first-order valence-corrected chi connectivity index (χ1v) is 7.73. The average molecular weight is 302 g/mol. The van der Waals surface area contributed by atoms with Gasteiger partial charge in [-0.15, -0.1) is 0 Å². The molecule has 0 bridgehead atoms. The Kier molecular flexibility index (Phi) is 3.51. The number of ether oxygens (including phenoxy) is 1. The van der Waals surface area contributed by atoms with Gasteiger partial charge in [0, 0.05) is 13.1 Å². The molecule has 1 aliphatic rings. The maximum atomic E-state index is 12.2. The van der Waals surface area contributed by atoms with Gasteiger partial charge >= 0.3 is 6.09 Å². The van der Waals surface area contributed by atoms with Gasteiger partial charge in [0.25, 0.3) is 0 Å². The summed E-state index contributed by atoms with van der Waals surface area (Å²) in [5.74, 6) is 0.174. The van der Waals surface area contributed by atoms with Crippen LogP contribution in [0, 0.1) is 0 Å². The summed E-state index contributed by atoms with van der Waals surface area (Å²) >= 11 is 0. The van der Waals surface area contributed by atoms with E-state index in [9.17, 15) is 13.2 Å². The molecule has 1 aromatic heterocycles. The predicted molar refractivity (Wildman–Crippen MR) is 71.8 cm³/mol. The Bertz CT molecular complexity index is 629. The van der Waals surface area contributed by atoms with E-state index in [0.717, 1.165) is 6.20 Å². The molecule has 0 atom stereocenters. The number of aryl methyl sites for hydroxylation is 1. The number of hydrogen-bond acceptors (Lipinski definition) is 5. The van der Waals surface area contributed by atoms with Crippen molar-refractivity contribution in [3.05, 3.63) is 6.20 Å². The predicted octanol–water partition coefficient (Wildman–Crippen LogP) is 0.676. The summed E-state index contributed by atoms with van der Waals surface area (Å²) in [7, 11) is -3.94. The number of amides is 1. The molecular weight excluding hydrogens is 284 g/mol. The van der Waals surface area contributed by atoms with E-state index in [4.69, 9.17) is 9.88 Å². The maximum absolute atomic E-state index is 12.2. The fourth-order valence-corrected chi connectivity index (χ4v) is 2.64. The van der Waals surface area contributed by atoms with E-state index in [1.807, 2.05) is 0 Å². The monoisotopic (exact) mass is 302 g/mol. The first-order chi connectivity index (χ1) is 9.09. The van der Waals surface area contributed by atoms with Crippen LogP contribution in [0.5, 0.6) is 0 Å². The van der Waals surface area contributed by atoms with Gasteiger partial charge in [-0.3, -0.25) is 4.90 Å². The fraction of sp³-hybridized carbons (Fsp3) is 0.636. The summed E-state index contributed by atoms with van der Waals surface area (Å²) in [5, 5.41) is 9.12. The van der Waals surface area contributed by atoms with Gasteiger partial charge in [0.05, 0.1) is 6.20 Å². The zero-order valence-electron chi connectivity index (χ0n) is 11.7. The number of primary sulfonamides is 1. The first kappa shape index (κ1) is 14.8. The molecule has 0 aromatic carbocycles. The molecule has 20 heavy (non-hydrogen) atoms. The van der Waals surface area contributed by atoms with E-state index in [1.165, 1.54) is 9.58 Å². The van der Waals surface area contributed by atoms with Crippen LogP contribution in [0.25, 0.3) is 0 Å². The van der Waals surface area contributed by atoms with E-state index >= 15 is 0 Å². The molecule has 1 amide bonds. The third-order valence-electron chi connectivity index (χ3n) is 2.71. The Labute approximate surface area is 117 Å². The molecule has 0 saturated heterocycles. The van der Waals surface area contributed by atoms with E-state index in [-0.39, 0.29) is 10.7 Å². The lowest BCUT2D eigenvalue weighted by atomic mass is 10.2. The average Bonchev–Trinajstić information content (AvgIpc) is 2.69. The molecule has 9 heteroatoms. The van der Waals surface area contributed by atoms with Crippen LogP contribution >= 0.6 is 0 Å². The van der Waals surface area contributed by atoms with Gasteiger partial charge in [-0.1, -0.05) is 0 Å². The molecule has 1 aromatic rings. The largest absolute Gasteiger partial charge is 0.443 e. The minimum atomic E-state index is -3.94. The van der Waals surface area contributed by atoms with Crippen LogP contribution < -0.4 is 10.0 Å². The number of rotatable bonds is 1. The lowest BCUT2D eigenvalue weighted by Gasteiger charge is -2.30. The number of aromatic nitrogens is 2. The number of nitrogens with two attached hydrogens (primary N) is 1.